The molecule has 3 aromatic rings. The molecule has 0 spiro atoms. The van der Waals surface area contributed by atoms with Gasteiger partial charge in [0.15, 0.2) is 5.82 Å². The summed E-state index contributed by atoms with van der Waals surface area (Å²) in [4.78, 5) is 0. The SMILES string of the molecule is Cc1ccccc1-c1n[nH]c(=S)n1/N=C\c1cc(Br)ccc1F. The molecule has 0 saturated heterocycles. The first-order chi connectivity index (χ1) is 11.1. The van der Waals surface area contributed by atoms with Crippen LogP contribution in [0.2, 0.25) is 0 Å². The van der Waals surface area contributed by atoms with Crippen LogP contribution in [-0.4, -0.2) is 21.1 Å². The van der Waals surface area contributed by atoms with Crippen molar-refractivity contribution in [3.05, 3.63) is 68.7 Å². The molecule has 3 rings (SSSR count). The summed E-state index contributed by atoms with van der Waals surface area (Å²) in [6, 6.07) is 12.4. The summed E-state index contributed by atoms with van der Waals surface area (Å²) in [6.45, 7) is 1.98. The molecule has 0 bridgehead atoms. The van der Waals surface area contributed by atoms with E-state index in [4.69, 9.17) is 12.2 Å². The summed E-state index contributed by atoms with van der Waals surface area (Å²) in [5, 5.41) is 11.2. The number of rotatable bonds is 3. The molecule has 4 nitrogen and oxygen atoms in total. The lowest BCUT2D eigenvalue weighted by molar-refractivity contribution is 0.625. The van der Waals surface area contributed by atoms with Gasteiger partial charge >= 0.3 is 0 Å². The van der Waals surface area contributed by atoms with Crippen LogP contribution >= 0.6 is 28.1 Å². The first-order valence-corrected chi connectivity index (χ1v) is 7.99. The maximum atomic E-state index is 13.8. The molecule has 0 aliphatic carbocycles. The number of aryl methyl sites for hydroxylation is 1. The second-order valence-electron chi connectivity index (χ2n) is 4.89. The smallest absolute Gasteiger partial charge is 0.216 e. The van der Waals surface area contributed by atoms with Gasteiger partial charge in [-0.3, -0.25) is 0 Å². The number of nitrogens with one attached hydrogen (secondary N) is 1. The molecule has 0 fully saturated rings. The lowest BCUT2D eigenvalue weighted by atomic mass is 10.1. The molecule has 0 aliphatic heterocycles. The predicted octanol–water partition coefficient (Wildman–Crippen LogP) is 4.70. The molecule has 2 aromatic carbocycles. The monoisotopic (exact) mass is 390 g/mol. The fraction of sp³-hybridized carbons (Fsp3) is 0.0625. The number of hydrogen-bond acceptors (Lipinski definition) is 3. The van der Waals surface area contributed by atoms with Crippen LogP contribution in [0, 0.1) is 17.5 Å². The van der Waals surface area contributed by atoms with Crippen molar-refractivity contribution in [2.24, 2.45) is 5.10 Å². The van der Waals surface area contributed by atoms with Gasteiger partial charge in [-0.05, 0) is 42.9 Å². The number of H-pyrrole nitrogens is 1. The van der Waals surface area contributed by atoms with Crippen molar-refractivity contribution in [2.45, 2.75) is 6.92 Å². The third-order valence-corrected chi connectivity index (χ3v) is 4.06. The molecule has 0 aliphatic rings. The van der Waals surface area contributed by atoms with Crippen LogP contribution in [0.15, 0.2) is 52.0 Å². The van der Waals surface area contributed by atoms with Crippen molar-refractivity contribution in [3.63, 3.8) is 0 Å². The van der Waals surface area contributed by atoms with Crippen LogP contribution in [0.3, 0.4) is 0 Å². The zero-order chi connectivity index (χ0) is 16.4. The topological polar surface area (TPSA) is 46.0 Å². The second-order valence-corrected chi connectivity index (χ2v) is 6.19. The van der Waals surface area contributed by atoms with Gasteiger partial charge in [-0.25, -0.2) is 9.49 Å². The third-order valence-electron chi connectivity index (χ3n) is 3.31. The van der Waals surface area contributed by atoms with Gasteiger partial charge in [0.2, 0.25) is 4.77 Å². The van der Waals surface area contributed by atoms with Crippen LogP contribution in [0.5, 0.6) is 0 Å². The first-order valence-electron chi connectivity index (χ1n) is 6.79. The van der Waals surface area contributed by atoms with E-state index in [1.807, 2.05) is 31.2 Å². The Labute approximate surface area is 145 Å². The van der Waals surface area contributed by atoms with Crippen molar-refractivity contribution in [1.82, 2.24) is 14.9 Å². The van der Waals surface area contributed by atoms with Gasteiger partial charge in [0.05, 0.1) is 6.21 Å². The molecule has 0 unspecified atom stereocenters. The highest BCUT2D eigenvalue weighted by atomic mass is 79.9. The molecule has 1 heterocycles. The molecular weight excluding hydrogens is 379 g/mol. The number of aromatic amines is 1. The van der Waals surface area contributed by atoms with E-state index < -0.39 is 0 Å². The molecule has 116 valence electrons. The Balaban J connectivity index is 2.06. The van der Waals surface area contributed by atoms with Crippen LogP contribution < -0.4 is 0 Å². The molecular formula is C16H12BrFN4S. The highest BCUT2D eigenvalue weighted by molar-refractivity contribution is 9.10. The Morgan fingerprint density at radius 3 is 2.87 bits per heavy atom. The van der Waals surface area contributed by atoms with Gasteiger partial charge in [-0.2, -0.15) is 14.9 Å². The molecule has 0 amide bonds. The lowest BCUT2D eigenvalue weighted by Crippen LogP contribution is -1.97. The van der Waals surface area contributed by atoms with E-state index in [-0.39, 0.29) is 5.82 Å². The molecule has 0 saturated carbocycles. The Bertz CT molecular complexity index is 945. The maximum Gasteiger partial charge on any atom is 0.216 e. The molecule has 23 heavy (non-hydrogen) atoms. The van der Waals surface area contributed by atoms with Crippen molar-refractivity contribution >= 4 is 34.4 Å². The molecule has 1 N–H and O–H groups in total. The standard InChI is InChI=1S/C16H12BrFN4S/c1-10-4-2-3-5-13(10)15-20-21-16(23)22(15)19-9-11-8-12(17)6-7-14(11)18/h2-9H,1H3,(H,21,23)/b19-9-. The van der Waals surface area contributed by atoms with Crippen molar-refractivity contribution < 1.29 is 4.39 Å². The van der Waals surface area contributed by atoms with E-state index in [0.29, 0.717) is 16.2 Å². The van der Waals surface area contributed by atoms with Gasteiger partial charge < -0.3 is 0 Å². The summed E-state index contributed by atoms with van der Waals surface area (Å²) >= 11 is 8.53. The van der Waals surface area contributed by atoms with Crippen molar-refractivity contribution in [1.29, 1.82) is 0 Å². The van der Waals surface area contributed by atoms with Crippen LogP contribution in [0.1, 0.15) is 11.1 Å². The van der Waals surface area contributed by atoms with E-state index >= 15 is 0 Å². The number of benzene rings is 2. The molecule has 1 aromatic heterocycles. The van der Waals surface area contributed by atoms with E-state index in [2.05, 4.69) is 31.2 Å². The molecule has 7 heteroatoms. The van der Waals surface area contributed by atoms with Crippen LogP contribution in [-0.2, 0) is 0 Å². The largest absolute Gasteiger partial charge is 0.250 e. The van der Waals surface area contributed by atoms with Gasteiger partial charge in [-0.15, -0.1) is 0 Å². The van der Waals surface area contributed by atoms with Crippen molar-refractivity contribution in [2.75, 3.05) is 0 Å². The number of hydrogen-bond donors (Lipinski definition) is 1. The average Bonchev–Trinajstić information content (AvgIpc) is 2.89. The van der Waals surface area contributed by atoms with Gasteiger partial charge in [0.25, 0.3) is 0 Å². The Morgan fingerprint density at radius 2 is 2.09 bits per heavy atom. The van der Waals surface area contributed by atoms with E-state index in [9.17, 15) is 4.39 Å². The summed E-state index contributed by atoms with van der Waals surface area (Å²) in [7, 11) is 0. The van der Waals surface area contributed by atoms with E-state index in [0.717, 1.165) is 15.6 Å². The number of aromatic nitrogens is 3. The maximum absolute atomic E-state index is 13.8. The summed E-state index contributed by atoms with van der Waals surface area (Å²) in [6.07, 6.45) is 1.42. The zero-order valence-corrected chi connectivity index (χ0v) is 14.5. The quantitative estimate of drug-likeness (QED) is 0.520. The van der Waals surface area contributed by atoms with E-state index in [1.54, 1.807) is 12.1 Å². The Morgan fingerprint density at radius 1 is 1.30 bits per heavy atom. The summed E-state index contributed by atoms with van der Waals surface area (Å²) in [5.41, 5.74) is 2.32. The van der Waals surface area contributed by atoms with Crippen molar-refractivity contribution in [3.8, 4) is 11.4 Å². The molecule has 0 radical (unpaired) electrons. The normalized spacial score (nSPS) is 11.3. The minimum absolute atomic E-state index is 0.343. The highest BCUT2D eigenvalue weighted by Crippen LogP contribution is 2.21. The van der Waals surface area contributed by atoms with E-state index in [1.165, 1.54) is 17.0 Å². The predicted molar refractivity (Wildman–Crippen MR) is 94.7 cm³/mol. The number of halogens is 2. The zero-order valence-electron chi connectivity index (χ0n) is 12.1. The Kier molecular flexibility index (Phi) is 4.49. The molecule has 0 atom stereocenters. The summed E-state index contributed by atoms with van der Waals surface area (Å²) in [5.74, 6) is 0.226. The van der Waals surface area contributed by atoms with Crippen LogP contribution in [0.4, 0.5) is 4.39 Å². The fourth-order valence-electron chi connectivity index (χ4n) is 2.13. The lowest BCUT2D eigenvalue weighted by Gasteiger charge is -2.04. The van der Waals surface area contributed by atoms with Gasteiger partial charge in [0.1, 0.15) is 5.82 Å². The first kappa shape index (κ1) is 15.8. The fourth-order valence-corrected chi connectivity index (χ4v) is 2.69. The second kappa shape index (κ2) is 6.55. The van der Waals surface area contributed by atoms with Gasteiger partial charge in [0, 0.05) is 15.6 Å². The van der Waals surface area contributed by atoms with Crippen LogP contribution in [0.25, 0.3) is 11.4 Å². The highest BCUT2D eigenvalue weighted by Gasteiger charge is 2.10. The number of nitrogens with zero attached hydrogens (tertiary/aromatic N) is 3. The Hall–Kier alpha value is -2.12. The average molecular weight is 391 g/mol. The minimum atomic E-state index is -0.357. The third kappa shape index (κ3) is 3.30. The van der Waals surface area contributed by atoms with Gasteiger partial charge in [-0.1, -0.05) is 40.2 Å². The summed E-state index contributed by atoms with van der Waals surface area (Å²) < 4.78 is 16.4. The minimum Gasteiger partial charge on any atom is -0.250 e.